The normalized spacial score (nSPS) is 9.64. The van der Waals surface area contributed by atoms with Gasteiger partial charge in [-0.3, -0.25) is 10.2 Å². The summed E-state index contributed by atoms with van der Waals surface area (Å²) in [5, 5.41) is 0.358. The molecule has 0 aromatic heterocycles. The SMILES string of the molecule is CNNC(=O)c1ccc(OC)cc1Cl. The Morgan fingerprint density at radius 3 is 2.71 bits per heavy atom. The number of amides is 1. The molecule has 1 amide bonds. The number of carbonyl (C=O) groups is 1. The van der Waals surface area contributed by atoms with Crippen LogP contribution in [0.2, 0.25) is 5.02 Å². The van der Waals surface area contributed by atoms with Crippen LogP contribution in [0.25, 0.3) is 0 Å². The number of rotatable bonds is 3. The molecule has 0 unspecified atom stereocenters. The average molecular weight is 215 g/mol. The lowest BCUT2D eigenvalue weighted by atomic mass is 10.2. The lowest BCUT2D eigenvalue weighted by molar-refractivity contribution is 0.0938. The Kier molecular flexibility index (Phi) is 3.73. The lowest BCUT2D eigenvalue weighted by Gasteiger charge is -2.06. The zero-order valence-corrected chi connectivity index (χ0v) is 8.68. The molecule has 0 radical (unpaired) electrons. The van der Waals surface area contributed by atoms with Crippen LogP contribution in [-0.2, 0) is 0 Å². The number of hydrazine groups is 1. The van der Waals surface area contributed by atoms with Gasteiger partial charge in [0.1, 0.15) is 5.75 Å². The van der Waals surface area contributed by atoms with E-state index in [1.807, 2.05) is 0 Å². The van der Waals surface area contributed by atoms with Crippen LogP contribution in [0.5, 0.6) is 5.75 Å². The van der Waals surface area contributed by atoms with E-state index in [-0.39, 0.29) is 5.91 Å². The molecule has 0 atom stereocenters. The molecule has 0 spiro atoms. The van der Waals surface area contributed by atoms with Crippen LogP contribution in [0.15, 0.2) is 18.2 Å². The van der Waals surface area contributed by atoms with Crippen molar-refractivity contribution in [2.24, 2.45) is 0 Å². The van der Waals surface area contributed by atoms with E-state index in [0.717, 1.165) is 0 Å². The molecule has 14 heavy (non-hydrogen) atoms. The molecule has 0 heterocycles. The summed E-state index contributed by atoms with van der Waals surface area (Å²) < 4.78 is 4.96. The smallest absolute Gasteiger partial charge is 0.266 e. The molecule has 0 aliphatic carbocycles. The molecule has 4 nitrogen and oxygen atoms in total. The number of hydrogen-bond acceptors (Lipinski definition) is 3. The predicted molar refractivity (Wildman–Crippen MR) is 54.5 cm³/mol. The Balaban J connectivity index is 2.94. The van der Waals surface area contributed by atoms with E-state index in [4.69, 9.17) is 16.3 Å². The van der Waals surface area contributed by atoms with Crippen LogP contribution in [-0.4, -0.2) is 20.1 Å². The monoisotopic (exact) mass is 214 g/mol. The van der Waals surface area contributed by atoms with Crippen molar-refractivity contribution in [1.29, 1.82) is 0 Å². The Bertz CT molecular complexity index is 342. The number of benzene rings is 1. The van der Waals surface area contributed by atoms with Gasteiger partial charge in [0.05, 0.1) is 17.7 Å². The molecule has 5 heteroatoms. The van der Waals surface area contributed by atoms with Crippen LogP contribution >= 0.6 is 11.6 Å². The van der Waals surface area contributed by atoms with E-state index in [9.17, 15) is 4.79 Å². The third-order valence-electron chi connectivity index (χ3n) is 1.66. The van der Waals surface area contributed by atoms with Crippen molar-refractivity contribution >= 4 is 17.5 Å². The lowest BCUT2D eigenvalue weighted by Crippen LogP contribution is -2.34. The highest BCUT2D eigenvalue weighted by molar-refractivity contribution is 6.34. The summed E-state index contributed by atoms with van der Waals surface area (Å²) in [6, 6.07) is 4.87. The predicted octanol–water partition coefficient (Wildman–Crippen LogP) is 1.21. The van der Waals surface area contributed by atoms with Gasteiger partial charge in [0.2, 0.25) is 0 Å². The number of ether oxygens (including phenoxy) is 1. The molecule has 1 rings (SSSR count). The molecule has 0 aliphatic heterocycles. The quantitative estimate of drug-likeness (QED) is 0.744. The molecule has 2 N–H and O–H groups in total. The van der Waals surface area contributed by atoms with Gasteiger partial charge in [-0.2, -0.15) is 0 Å². The molecular weight excluding hydrogens is 204 g/mol. The van der Waals surface area contributed by atoms with Gasteiger partial charge in [-0.05, 0) is 18.2 Å². The molecule has 0 saturated heterocycles. The second kappa shape index (κ2) is 4.83. The molecule has 1 aromatic carbocycles. The van der Waals surface area contributed by atoms with Gasteiger partial charge in [-0.15, -0.1) is 0 Å². The van der Waals surface area contributed by atoms with Gasteiger partial charge in [-0.25, -0.2) is 5.43 Å². The molecular formula is C9H11ClN2O2. The van der Waals surface area contributed by atoms with Gasteiger partial charge >= 0.3 is 0 Å². The Labute approximate surface area is 87.2 Å². The summed E-state index contributed by atoms with van der Waals surface area (Å²) in [6.45, 7) is 0. The maximum atomic E-state index is 11.4. The highest BCUT2D eigenvalue weighted by Crippen LogP contribution is 2.21. The van der Waals surface area contributed by atoms with Gasteiger partial charge in [-0.1, -0.05) is 11.6 Å². The zero-order valence-electron chi connectivity index (χ0n) is 7.93. The molecule has 76 valence electrons. The number of hydrogen-bond donors (Lipinski definition) is 2. The fourth-order valence-electron chi connectivity index (χ4n) is 0.988. The minimum Gasteiger partial charge on any atom is -0.497 e. The first-order valence-electron chi connectivity index (χ1n) is 3.99. The topological polar surface area (TPSA) is 50.4 Å². The van der Waals surface area contributed by atoms with E-state index in [1.165, 1.54) is 0 Å². The highest BCUT2D eigenvalue weighted by atomic mass is 35.5. The van der Waals surface area contributed by atoms with E-state index < -0.39 is 0 Å². The third kappa shape index (κ3) is 2.37. The summed E-state index contributed by atoms with van der Waals surface area (Å²) in [7, 11) is 3.15. The maximum Gasteiger partial charge on any atom is 0.266 e. The molecule has 0 bridgehead atoms. The molecule has 0 aliphatic rings. The maximum absolute atomic E-state index is 11.4. The first-order valence-corrected chi connectivity index (χ1v) is 4.37. The fourth-order valence-corrected chi connectivity index (χ4v) is 1.24. The Morgan fingerprint density at radius 2 is 2.21 bits per heavy atom. The fraction of sp³-hybridized carbons (Fsp3) is 0.222. The zero-order chi connectivity index (χ0) is 10.6. The summed E-state index contributed by atoms with van der Waals surface area (Å²) in [6.07, 6.45) is 0. The minimum absolute atomic E-state index is 0.278. The molecule has 0 fully saturated rings. The largest absolute Gasteiger partial charge is 0.497 e. The molecule has 0 saturated carbocycles. The Morgan fingerprint density at radius 1 is 1.50 bits per heavy atom. The summed E-state index contributed by atoms with van der Waals surface area (Å²) in [5.74, 6) is 0.344. The molecule has 1 aromatic rings. The van der Waals surface area contributed by atoms with Crippen LogP contribution in [0, 0.1) is 0 Å². The summed E-state index contributed by atoms with van der Waals surface area (Å²) in [5.41, 5.74) is 5.36. The van der Waals surface area contributed by atoms with Crippen LogP contribution in [0.1, 0.15) is 10.4 Å². The van der Waals surface area contributed by atoms with Gasteiger partial charge in [0.25, 0.3) is 5.91 Å². The van der Waals surface area contributed by atoms with Crippen molar-refractivity contribution < 1.29 is 9.53 Å². The highest BCUT2D eigenvalue weighted by Gasteiger charge is 2.09. The van der Waals surface area contributed by atoms with E-state index in [0.29, 0.717) is 16.3 Å². The first kappa shape index (κ1) is 10.8. The van der Waals surface area contributed by atoms with Crippen molar-refractivity contribution in [3.8, 4) is 5.75 Å². The number of halogens is 1. The first-order chi connectivity index (χ1) is 6.69. The van der Waals surface area contributed by atoms with Crippen LogP contribution < -0.4 is 15.6 Å². The van der Waals surface area contributed by atoms with Gasteiger partial charge in [0, 0.05) is 7.05 Å². The van der Waals surface area contributed by atoms with Crippen molar-refractivity contribution in [2.75, 3.05) is 14.2 Å². The third-order valence-corrected chi connectivity index (χ3v) is 1.97. The summed E-state index contributed by atoms with van der Waals surface area (Å²) >= 11 is 5.87. The minimum atomic E-state index is -0.278. The van der Waals surface area contributed by atoms with Crippen LogP contribution in [0.3, 0.4) is 0 Å². The average Bonchev–Trinajstić information content (AvgIpc) is 2.17. The second-order valence-electron chi connectivity index (χ2n) is 2.55. The van der Waals surface area contributed by atoms with Crippen molar-refractivity contribution in [1.82, 2.24) is 10.9 Å². The van der Waals surface area contributed by atoms with Crippen LogP contribution in [0.4, 0.5) is 0 Å². The van der Waals surface area contributed by atoms with E-state index in [1.54, 1.807) is 32.4 Å². The van der Waals surface area contributed by atoms with Gasteiger partial charge < -0.3 is 4.74 Å². The Hall–Kier alpha value is -1.26. The van der Waals surface area contributed by atoms with Crippen molar-refractivity contribution in [2.45, 2.75) is 0 Å². The number of carbonyl (C=O) groups excluding carboxylic acids is 1. The van der Waals surface area contributed by atoms with Crippen molar-refractivity contribution in [3.63, 3.8) is 0 Å². The number of nitrogens with one attached hydrogen (secondary N) is 2. The van der Waals surface area contributed by atoms with Gasteiger partial charge in [0.15, 0.2) is 0 Å². The number of methoxy groups -OCH3 is 1. The standard InChI is InChI=1S/C9H11ClN2O2/c1-11-12-9(13)7-4-3-6(14-2)5-8(7)10/h3-5,11H,1-2H3,(H,12,13). The van der Waals surface area contributed by atoms with E-state index in [2.05, 4.69) is 10.9 Å². The summed E-state index contributed by atoms with van der Waals surface area (Å²) in [4.78, 5) is 11.4. The second-order valence-corrected chi connectivity index (χ2v) is 2.96. The van der Waals surface area contributed by atoms with E-state index >= 15 is 0 Å². The van der Waals surface area contributed by atoms with Crippen molar-refractivity contribution in [3.05, 3.63) is 28.8 Å².